The highest BCUT2D eigenvalue weighted by Crippen LogP contribution is 2.43. The fraction of sp³-hybridized carbons (Fsp3) is 0.897. The van der Waals surface area contributed by atoms with Gasteiger partial charge in [-0.3, -0.25) is 18.6 Å². The predicted octanol–water partition coefficient (Wildman–Crippen LogP) is 8.90. The molecule has 0 bridgehead atoms. The molecule has 0 aromatic rings. The van der Waals surface area contributed by atoms with Crippen LogP contribution in [0.3, 0.4) is 0 Å². The Kier molecular flexibility index (Phi) is 29.0. The molecule has 300 valence electrons. The van der Waals surface area contributed by atoms with E-state index in [0.717, 1.165) is 70.1 Å². The van der Waals surface area contributed by atoms with E-state index in [1.807, 2.05) is 0 Å². The number of aliphatic hydroxyl groups excluding tert-OH is 2. The van der Waals surface area contributed by atoms with Crippen molar-refractivity contribution in [3.8, 4) is 0 Å². The summed E-state index contributed by atoms with van der Waals surface area (Å²) in [4.78, 5) is 34.9. The quantitative estimate of drug-likeness (QED) is 0.0184. The van der Waals surface area contributed by atoms with Gasteiger partial charge in [-0.2, -0.15) is 0 Å². The van der Waals surface area contributed by atoms with Gasteiger partial charge in [-0.05, 0) is 44.4 Å². The van der Waals surface area contributed by atoms with Crippen molar-refractivity contribution in [2.45, 2.75) is 193 Å². The van der Waals surface area contributed by atoms with E-state index in [2.05, 4.69) is 37.4 Å². The highest BCUT2D eigenvalue weighted by atomic mass is 31.2. The minimum Gasteiger partial charge on any atom is -0.462 e. The third-order valence-corrected chi connectivity index (χ3v) is 9.97. The molecule has 1 aliphatic heterocycles. The number of epoxide rings is 1. The van der Waals surface area contributed by atoms with Gasteiger partial charge in [0.05, 0.1) is 32.0 Å². The van der Waals surface area contributed by atoms with E-state index in [1.54, 1.807) is 0 Å². The first-order valence-electron chi connectivity index (χ1n) is 20.1. The SMILES string of the molecule is CCCCC/C=C\CC1OC1CCCCCCCC(=O)O[C@H](COC(=O)CCCCCCCCCCCC(C)C)COP(=O)(O)OC[C@@H](O)CO. The molecule has 0 aromatic carbocycles. The van der Waals surface area contributed by atoms with Crippen LogP contribution in [0.15, 0.2) is 12.2 Å². The second-order valence-electron chi connectivity index (χ2n) is 14.5. The average molecular weight is 749 g/mol. The Labute approximate surface area is 309 Å². The molecule has 1 fully saturated rings. The van der Waals surface area contributed by atoms with Crippen LogP contribution < -0.4 is 0 Å². The van der Waals surface area contributed by atoms with Crippen molar-refractivity contribution in [3.05, 3.63) is 12.2 Å². The number of phosphoric ester groups is 1. The molecule has 5 atom stereocenters. The Morgan fingerprint density at radius 1 is 0.745 bits per heavy atom. The van der Waals surface area contributed by atoms with Crippen LogP contribution in [0.2, 0.25) is 0 Å². The van der Waals surface area contributed by atoms with Crippen molar-refractivity contribution in [1.29, 1.82) is 0 Å². The molecule has 12 heteroatoms. The number of esters is 2. The van der Waals surface area contributed by atoms with Crippen LogP contribution in [0.1, 0.15) is 168 Å². The minimum atomic E-state index is -4.62. The monoisotopic (exact) mass is 748 g/mol. The normalized spacial score (nSPS) is 18.2. The summed E-state index contributed by atoms with van der Waals surface area (Å²) in [5, 5.41) is 18.3. The standard InChI is InChI=1S/C39H73O11P/c1-4-5-6-7-15-20-25-36-37(50-36)26-21-16-13-18-23-28-39(43)49-35(32-48-51(44,45)47-30-34(41)29-40)31-46-38(42)27-22-17-12-10-8-9-11-14-19-24-33(2)3/h15,20,33-37,40-41H,4-14,16-19,21-32H2,1-3H3,(H,44,45)/b20-15-/t34-,35+,36?,37?/m0/s1. The third kappa shape index (κ3) is 29.8. The maximum Gasteiger partial charge on any atom is 0.472 e. The van der Waals surface area contributed by atoms with Gasteiger partial charge in [-0.15, -0.1) is 0 Å². The summed E-state index contributed by atoms with van der Waals surface area (Å²) < 4.78 is 38.4. The smallest absolute Gasteiger partial charge is 0.462 e. The maximum atomic E-state index is 12.6. The predicted molar refractivity (Wildman–Crippen MR) is 200 cm³/mol. The lowest BCUT2D eigenvalue weighted by Crippen LogP contribution is -2.29. The highest BCUT2D eigenvalue weighted by molar-refractivity contribution is 7.47. The first-order valence-corrected chi connectivity index (χ1v) is 21.6. The zero-order valence-electron chi connectivity index (χ0n) is 32.2. The van der Waals surface area contributed by atoms with Crippen molar-refractivity contribution >= 4 is 19.8 Å². The van der Waals surface area contributed by atoms with E-state index < -0.39 is 51.8 Å². The Morgan fingerprint density at radius 3 is 1.96 bits per heavy atom. The Morgan fingerprint density at radius 2 is 1.33 bits per heavy atom. The van der Waals surface area contributed by atoms with Crippen molar-refractivity contribution < 1.29 is 52.5 Å². The van der Waals surface area contributed by atoms with E-state index in [9.17, 15) is 24.2 Å². The summed E-state index contributed by atoms with van der Waals surface area (Å²) in [6, 6.07) is 0. The Bertz CT molecular complexity index is 944. The second kappa shape index (κ2) is 31.1. The molecular formula is C39H73O11P. The summed E-state index contributed by atoms with van der Waals surface area (Å²) in [6.45, 7) is 4.61. The lowest BCUT2D eigenvalue weighted by Gasteiger charge is -2.20. The molecule has 1 saturated heterocycles. The third-order valence-electron chi connectivity index (χ3n) is 9.02. The molecule has 0 amide bonds. The van der Waals surface area contributed by atoms with Gasteiger partial charge in [-0.1, -0.05) is 129 Å². The summed E-state index contributed by atoms with van der Waals surface area (Å²) in [6.07, 6.45) is 26.4. The lowest BCUT2D eigenvalue weighted by atomic mass is 10.0. The molecule has 1 rings (SSSR count). The molecule has 0 saturated carbocycles. The summed E-state index contributed by atoms with van der Waals surface area (Å²) in [7, 11) is -4.62. The van der Waals surface area contributed by atoms with Gasteiger partial charge in [0.2, 0.25) is 0 Å². The second-order valence-corrected chi connectivity index (χ2v) is 16.0. The van der Waals surface area contributed by atoms with Gasteiger partial charge in [0.15, 0.2) is 6.10 Å². The Balaban J connectivity index is 2.29. The van der Waals surface area contributed by atoms with E-state index >= 15 is 0 Å². The van der Waals surface area contributed by atoms with Gasteiger partial charge < -0.3 is 29.3 Å². The fourth-order valence-corrected chi connectivity index (χ4v) is 6.56. The van der Waals surface area contributed by atoms with Crippen molar-refractivity contribution in [2.24, 2.45) is 5.92 Å². The van der Waals surface area contributed by atoms with Crippen LogP contribution in [0, 0.1) is 5.92 Å². The van der Waals surface area contributed by atoms with E-state index in [4.69, 9.17) is 23.8 Å². The molecule has 1 heterocycles. The number of hydrogen-bond donors (Lipinski definition) is 3. The molecule has 0 spiro atoms. The molecule has 51 heavy (non-hydrogen) atoms. The molecule has 0 aromatic heterocycles. The van der Waals surface area contributed by atoms with Gasteiger partial charge >= 0.3 is 19.8 Å². The van der Waals surface area contributed by atoms with Gasteiger partial charge in [-0.25, -0.2) is 4.57 Å². The largest absolute Gasteiger partial charge is 0.472 e. The van der Waals surface area contributed by atoms with Gasteiger partial charge in [0.1, 0.15) is 12.7 Å². The fourth-order valence-electron chi connectivity index (χ4n) is 5.77. The van der Waals surface area contributed by atoms with Gasteiger partial charge in [0, 0.05) is 12.8 Å². The number of ether oxygens (including phenoxy) is 3. The number of carbonyl (C=O) groups is 2. The number of allylic oxidation sites excluding steroid dienone is 1. The zero-order valence-corrected chi connectivity index (χ0v) is 33.1. The molecule has 11 nitrogen and oxygen atoms in total. The first kappa shape index (κ1) is 47.7. The van der Waals surface area contributed by atoms with Crippen LogP contribution in [0.4, 0.5) is 0 Å². The molecule has 0 aliphatic carbocycles. The maximum absolute atomic E-state index is 12.6. The topological polar surface area (TPSA) is 161 Å². The van der Waals surface area contributed by atoms with Crippen molar-refractivity contribution in [2.75, 3.05) is 26.4 Å². The number of hydrogen-bond acceptors (Lipinski definition) is 10. The molecule has 1 aliphatic rings. The van der Waals surface area contributed by atoms with Crippen LogP contribution >= 0.6 is 7.82 Å². The van der Waals surface area contributed by atoms with E-state index in [-0.39, 0.29) is 19.4 Å². The molecule has 0 radical (unpaired) electrons. The van der Waals surface area contributed by atoms with Crippen molar-refractivity contribution in [1.82, 2.24) is 0 Å². The molecule has 3 N–H and O–H groups in total. The number of carbonyl (C=O) groups excluding carboxylic acids is 2. The van der Waals surface area contributed by atoms with E-state index in [0.29, 0.717) is 25.0 Å². The Hall–Kier alpha value is -1.33. The summed E-state index contributed by atoms with van der Waals surface area (Å²) >= 11 is 0. The van der Waals surface area contributed by atoms with Gasteiger partial charge in [0.25, 0.3) is 0 Å². The molecule has 3 unspecified atom stereocenters. The zero-order chi connectivity index (χ0) is 37.6. The summed E-state index contributed by atoms with van der Waals surface area (Å²) in [5.41, 5.74) is 0. The van der Waals surface area contributed by atoms with E-state index in [1.165, 1.54) is 57.8 Å². The number of rotatable bonds is 36. The molecular weight excluding hydrogens is 675 g/mol. The number of aliphatic hydroxyl groups is 2. The van der Waals surface area contributed by atoms with Crippen LogP contribution in [0.25, 0.3) is 0 Å². The number of phosphoric acid groups is 1. The average Bonchev–Trinajstić information content (AvgIpc) is 3.85. The first-order chi connectivity index (χ1) is 24.6. The van der Waals surface area contributed by atoms with Crippen LogP contribution in [-0.4, -0.2) is 77.9 Å². The number of unbranched alkanes of at least 4 members (excludes halogenated alkanes) is 15. The van der Waals surface area contributed by atoms with Crippen LogP contribution in [0.5, 0.6) is 0 Å². The van der Waals surface area contributed by atoms with Crippen molar-refractivity contribution in [3.63, 3.8) is 0 Å². The van der Waals surface area contributed by atoms with Crippen LogP contribution in [-0.2, 0) is 37.4 Å². The minimum absolute atomic E-state index is 0.163. The highest BCUT2D eigenvalue weighted by Gasteiger charge is 2.36. The lowest BCUT2D eigenvalue weighted by molar-refractivity contribution is -0.161. The summed E-state index contributed by atoms with van der Waals surface area (Å²) in [5.74, 6) is -0.170.